The molecule has 37 heavy (non-hydrogen) atoms. The molecule has 3 heterocycles. The van der Waals surface area contributed by atoms with Crippen LogP contribution < -0.4 is 10.9 Å². The first kappa shape index (κ1) is 23.6. The van der Waals surface area contributed by atoms with Crippen LogP contribution >= 0.6 is 0 Å². The molecule has 0 radical (unpaired) electrons. The number of pyridine rings is 1. The van der Waals surface area contributed by atoms with Crippen LogP contribution in [0, 0.1) is 5.92 Å². The average molecular weight is 514 g/mol. The number of carbonyl (C=O) groups excluding carboxylic acids is 1. The second-order valence-electron chi connectivity index (χ2n) is 9.97. The van der Waals surface area contributed by atoms with Crippen molar-refractivity contribution in [3.8, 4) is 11.1 Å². The van der Waals surface area contributed by atoms with E-state index in [1.165, 1.54) is 19.1 Å². The Hall–Kier alpha value is -3.75. The van der Waals surface area contributed by atoms with Gasteiger partial charge >= 0.3 is 0 Å². The predicted molar refractivity (Wildman–Crippen MR) is 144 cm³/mol. The van der Waals surface area contributed by atoms with Crippen molar-refractivity contribution in [2.75, 3.05) is 18.4 Å². The van der Waals surface area contributed by atoms with E-state index in [1.54, 1.807) is 22.5 Å². The minimum Gasteiger partial charge on any atom is -0.326 e. The van der Waals surface area contributed by atoms with Crippen molar-refractivity contribution in [1.29, 1.82) is 0 Å². The van der Waals surface area contributed by atoms with Crippen molar-refractivity contribution >= 4 is 32.4 Å². The van der Waals surface area contributed by atoms with Gasteiger partial charge in [0.1, 0.15) is 0 Å². The first-order chi connectivity index (χ1) is 17.8. The van der Waals surface area contributed by atoms with E-state index in [0.29, 0.717) is 25.3 Å². The molecule has 2 aliphatic rings. The summed E-state index contributed by atoms with van der Waals surface area (Å²) in [5.41, 5.74) is 3.43. The van der Waals surface area contributed by atoms with Gasteiger partial charge in [-0.25, -0.2) is 8.42 Å². The number of piperidine rings is 1. The standard InChI is InChI=1S/C29H27N3O4S/c1-19(33)30-25-8-10-26(11-9-25)37(35,36)31-16-20-14-24(18-31)29-27(12-13-28(34)32(29)17-20)23-7-6-21-4-2-3-5-22(21)15-23/h2-13,15,20,24H,14,16-18H2,1H3,(H,30,33). The summed E-state index contributed by atoms with van der Waals surface area (Å²) in [5.74, 6) is -0.240. The number of carbonyl (C=O) groups is 1. The van der Waals surface area contributed by atoms with Gasteiger partial charge in [-0.05, 0) is 65.1 Å². The second kappa shape index (κ2) is 8.97. The molecule has 2 unspecified atom stereocenters. The van der Waals surface area contributed by atoms with Gasteiger partial charge in [-0.1, -0.05) is 36.4 Å². The summed E-state index contributed by atoms with van der Waals surface area (Å²) >= 11 is 0. The Morgan fingerprint density at radius 2 is 1.65 bits per heavy atom. The van der Waals surface area contributed by atoms with Crippen LogP contribution in [-0.2, 0) is 21.4 Å². The lowest BCUT2D eigenvalue weighted by Gasteiger charge is -2.43. The maximum Gasteiger partial charge on any atom is 0.250 e. The van der Waals surface area contributed by atoms with Crippen molar-refractivity contribution in [2.45, 2.75) is 30.7 Å². The van der Waals surface area contributed by atoms with Crippen molar-refractivity contribution in [1.82, 2.24) is 8.87 Å². The third kappa shape index (κ3) is 4.26. The number of anilines is 1. The van der Waals surface area contributed by atoms with E-state index in [1.807, 2.05) is 22.8 Å². The van der Waals surface area contributed by atoms with Crippen LogP contribution in [0.1, 0.15) is 25.0 Å². The molecule has 0 saturated carbocycles. The normalized spacial score (nSPS) is 19.4. The quantitative estimate of drug-likeness (QED) is 0.437. The van der Waals surface area contributed by atoms with E-state index in [9.17, 15) is 18.0 Å². The number of benzene rings is 3. The molecule has 1 N–H and O–H groups in total. The van der Waals surface area contributed by atoms with Gasteiger partial charge in [0.05, 0.1) is 4.90 Å². The molecule has 7 nitrogen and oxygen atoms in total. The fraction of sp³-hybridized carbons (Fsp3) is 0.241. The van der Waals surface area contributed by atoms with Crippen molar-refractivity contribution in [2.24, 2.45) is 5.92 Å². The molecule has 8 heteroatoms. The molecule has 1 fully saturated rings. The average Bonchev–Trinajstić information content (AvgIpc) is 2.89. The first-order valence-electron chi connectivity index (χ1n) is 12.4. The highest BCUT2D eigenvalue weighted by atomic mass is 32.2. The van der Waals surface area contributed by atoms with E-state index in [2.05, 4.69) is 35.6 Å². The summed E-state index contributed by atoms with van der Waals surface area (Å²) in [4.78, 5) is 24.4. The van der Waals surface area contributed by atoms with Crippen LogP contribution in [0.25, 0.3) is 21.9 Å². The Morgan fingerprint density at radius 1 is 0.892 bits per heavy atom. The Bertz CT molecular complexity index is 1690. The number of aromatic nitrogens is 1. The molecular weight excluding hydrogens is 486 g/mol. The Balaban J connectivity index is 1.37. The summed E-state index contributed by atoms with van der Waals surface area (Å²) in [6, 6.07) is 24.2. The lowest BCUT2D eigenvalue weighted by atomic mass is 9.81. The van der Waals surface area contributed by atoms with Crippen LogP contribution in [0.4, 0.5) is 5.69 Å². The number of sulfonamides is 1. The van der Waals surface area contributed by atoms with Crippen molar-refractivity contribution < 1.29 is 13.2 Å². The molecule has 2 bridgehead atoms. The number of nitrogens with one attached hydrogen (secondary N) is 1. The van der Waals surface area contributed by atoms with Crippen molar-refractivity contribution in [3.63, 3.8) is 0 Å². The van der Waals surface area contributed by atoms with Gasteiger partial charge in [0, 0.05) is 55.5 Å². The molecule has 4 aromatic rings. The highest BCUT2D eigenvalue weighted by Crippen LogP contribution is 2.41. The largest absolute Gasteiger partial charge is 0.326 e. The fourth-order valence-electron chi connectivity index (χ4n) is 5.83. The van der Waals surface area contributed by atoms with Gasteiger partial charge in [-0.15, -0.1) is 0 Å². The zero-order chi connectivity index (χ0) is 25.7. The Morgan fingerprint density at radius 3 is 2.41 bits per heavy atom. The zero-order valence-electron chi connectivity index (χ0n) is 20.4. The van der Waals surface area contributed by atoms with Crippen molar-refractivity contribution in [3.05, 3.63) is 94.9 Å². The predicted octanol–water partition coefficient (Wildman–Crippen LogP) is 4.43. The zero-order valence-corrected chi connectivity index (χ0v) is 21.2. The third-order valence-corrected chi connectivity index (χ3v) is 9.28. The van der Waals surface area contributed by atoms with Crippen LogP contribution in [0.15, 0.2) is 88.6 Å². The van der Waals surface area contributed by atoms with Crippen LogP contribution in [-0.4, -0.2) is 36.3 Å². The lowest BCUT2D eigenvalue weighted by Crippen LogP contribution is -2.49. The van der Waals surface area contributed by atoms with Crippen LogP contribution in [0.5, 0.6) is 0 Å². The molecule has 0 spiro atoms. The SMILES string of the molecule is CC(=O)Nc1ccc(S(=O)(=O)N2CC3CC(C2)c2c(-c4ccc5ccccc5c4)ccc(=O)n2C3)cc1. The van der Waals surface area contributed by atoms with Gasteiger partial charge in [0.2, 0.25) is 15.9 Å². The molecule has 3 aromatic carbocycles. The number of fused-ring (bicyclic) bond motifs is 5. The van der Waals surface area contributed by atoms with Gasteiger partial charge in [-0.3, -0.25) is 9.59 Å². The molecule has 2 atom stereocenters. The highest BCUT2D eigenvalue weighted by molar-refractivity contribution is 7.89. The number of hydrogen-bond acceptors (Lipinski definition) is 4. The van der Waals surface area contributed by atoms with Gasteiger partial charge in [0.15, 0.2) is 0 Å². The van der Waals surface area contributed by atoms with Gasteiger partial charge in [-0.2, -0.15) is 4.31 Å². The molecular formula is C29H27N3O4S. The number of amides is 1. The van der Waals surface area contributed by atoms with Crippen LogP contribution in [0.3, 0.4) is 0 Å². The van der Waals surface area contributed by atoms with E-state index < -0.39 is 10.0 Å². The van der Waals surface area contributed by atoms with Gasteiger partial charge < -0.3 is 9.88 Å². The van der Waals surface area contributed by atoms with Crippen LogP contribution in [0.2, 0.25) is 0 Å². The van der Waals surface area contributed by atoms with Gasteiger partial charge in [0.25, 0.3) is 5.56 Å². The molecule has 1 saturated heterocycles. The minimum absolute atomic E-state index is 0.0425. The molecule has 1 aromatic heterocycles. The topological polar surface area (TPSA) is 88.5 Å². The molecule has 0 aliphatic carbocycles. The molecule has 1 amide bonds. The smallest absolute Gasteiger partial charge is 0.250 e. The lowest BCUT2D eigenvalue weighted by molar-refractivity contribution is -0.114. The number of rotatable bonds is 4. The first-order valence-corrected chi connectivity index (χ1v) is 13.8. The molecule has 6 rings (SSSR count). The monoisotopic (exact) mass is 513 g/mol. The molecule has 188 valence electrons. The van der Waals surface area contributed by atoms with E-state index >= 15 is 0 Å². The Kier molecular flexibility index (Phi) is 5.73. The second-order valence-corrected chi connectivity index (χ2v) is 11.9. The molecule has 2 aliphatic heterocycles. The summed E-state index contributed by atoms with van der Waals surface area (Å²) in [7, 11) is -3.74. The minimum atomic E-state index is -3.74. The van der Waals surface area contributed by atoms with E-state index in [4.69, 9.17) is 0 Å². The summed E-state index contributed by atoms with van der Waals surface area (Å²) in [5, 5.41) is 4.93. The van der Waals surface area contributed by atoms with E-state index in [0.717, 1.165) is 34.0 Å². The number of nitrogens with zero attached hydrogens (tertiary/aromatic N) is 2. The highest BCUT2D eigenvalue weighted by Gasteiger charge is 2.40. The number of hydrogen-bond donors (Lipinski definition) is 1. The summed E-state index contributed by atoms with van der Waals surface area (Å²) in [6.07, 6.45) is 0.845. The third-order valence-electron chi connectivity index (χ3n) is 7.43. The Labute approximate surface area is 215 Å². The fourth-order valence-corrected chi connectivity index (χ4v) is 7.39. The maximum atomic E-state index is 13.6. The summed E-state index contributed by atoms with van der Waals surface area (Å²) in [6.45, 7) is 2.60. The maximum absolute atomic E-state index is 13.6. The summed E-state index contributed by atoms with van der Waals surface area (Å²) < 4.78 is 30.6. The van der Waals surface area contributed by atoms with E-state index in [-0.39, 0.29) is 28.2 Å².